The molecule has 9 aromatic carbocycles. The van der Waals surface area contributed by atoms with Crippen molar-refractivity contribution in [1.29, 1.82) is 0 Å². The topological polar surface area (TPSA) is 55.7 Å². The summed E-state index contributed by atoms with van der Waals surface area (Å²) in [5.74, 6) is 3.34. The molecule has 2 aliphatic carbocycles. The number of aromatic nitrogens is 3. The molecule has 3 atom stereocenters. The first kappa shape index (κ1) is 39.6. The highest BCUT2D eigenvalue weighted by molar-refractivity contribution is 7.70. The van der Waals surface area contributed by atoms with Crippen molar-refractivity contribution in [2.24, 2.45) is 11.8 Å². The first-order chi connectivity index (χ1) is 31.8. The van der Waals surface area contributed by atoms with Gasteiger partial charge in [-0.15, -0.1) is 0 Å². The Balaban J connectivity index is 0.945. The number of hydrogen-bond donors (Lipinski definition) is 0. The number of benzene rings is 9. The van der Waals surface area contributed by atoms with Crippen LogP contribution in [-0.2, 0) is 9.98 Å². The van der Waals surface area contributed by atoms with E-state index < -0.39 is 7.14 Å². The second-order valence-electron chi connectivity index (χ2n) is 18.6. The molecule has 3 unspecified atom stereocenters. The van der Waals surface area contributed by atoms with Gasteiger partial charge in [0.1, 0.15) is 7.14 Å². The second-order valence-corrected chi connectivity index (χ2v) is 21.9. The first-order valence-electron chi connectivity index (χ1n) is 22.9. The Morgan fingerprint density at radius 1 is 0.446 bits per heavy atom. The molecule has 0 saturated heterocycles. The standard InChI is InChI=1S/C60H48N3OP/c1-65(2,64)48-35-28-42(29-36-48)56-52-20-10-8-18-50(52)55(51-19-9-11-21-53(51)56)41-24-31-45(32-25-41)60(38-39-23-30-47(60)37-39)46-33-26-44(27-34-46)58-61-57(43-14-4-3-5-15-43)62-59(63-58)54-22-12-16-40-13-6-7-17-49(40)54/h3-22,24-29,31-36,39,47H,23,30,37-38H2,1-2H3. The van der Waals surface area contributed by atoms with Crippen molar-refractivity contribution in [2.45, 2.75) is 31.1 Å². The third-order valence-electron chi connectivity index (χ3n) is 14.6. The van der Waals surface area contributed by atoms with Crippen LogP contribution in [0.1, 0.15) is 36.8 Å². The van der Waals surface area contributed by atoms with Gasteiger partial charge in [-0.2, -0.15) is 0 Å². The zero-order valence-corrected chi connectivity index (χ0v) is 37.5. The van der Waals surface area contributed by atoms with Crippen LogP contribution in [-0.4, -0.2) is 28.3 Å². The maximum atomic E-state index is 12.9. The quantitative estimate of drug-likeness (QED) is 0.113. The fourth-order valence-electron chi connectivity index (χ4n) is 11.6. The van der Waals surface area contributed by atoms with Crippen LogP contribution in [0.15, 0.2) is 194 Å². The fourth-order valence-corrected chi connectivity index (χ4v) is 12.4. The van der Waals surface area contributed by atoms with E-state index in [1.54, 1.807) is 0 Å². The summed E-state index contributed by atoms with van der Waals surface area (Å²) in [5.41, 5.74) is 10.5. The maximum absolute atomic E-state index is 12.9. The zero-order valence-electron chi connectivity index (χ0n) is 36.7. The summed E-state index contributed by atoms with van der Waals surface area (Å²) >= 11 is 0. The molecule has 12 rings (SSSR count). The van der Waals surface area contributed by atoms with Crippen LogP contribution in [0.5, 0.6) is 0 Å². The lowest BCUT2D eigenvalue weighted by atomic mass is 9.64. The van der Waals surface area contributed by atoms with Crippen LogP contribution in [0.3, 0.4) is 0 Å². The van der Waals surface area contributed by atoms with Crippen LogP contribution in [0, 0.1) is 11.8 Å². The van der Waals surface area contributed by atoms with Crippen molar-refractivity contribution < 1.29 is 4.57 Å². The molecule has 65 heavy (non-hydrogen) atoms. The van der Waals surface area contributed by atoms with Gasteiger partial charge < -0.3 is 4.57 Å². The lowest BCUT2D eigenvalue weighted by molar-refractivity contribution is 0.320. The maximum Gasteiger partial charge on any atom is 0.164 e. The molecular weight excluding hydrogens is 810 g/mol. The summed E-state index contributed by atoms with van der Waals surface area (Å²) in [6, 6.07) is 69.9. The van der Waals surface area contributed by atoms with Crippen LogP contribution in [0.4, 0.5) is 0 Å². The Hall–Kier alpha value is -7.00. The SMILES string of the molecule is CP(C)(=O)c1ccc(-c2c3ccccc3c(-c3ccc(C4(c5ccc(-c6nc(-c7ccccc7)nc(-c7cccc8ccccc78)n6)cc5)CC5CCC4C5)cc3)c3ccccc23)cc1. The van der Waals surface area contributed by atoms with Crippen LogP contribution < -0.4 is 5.30 Å². The van der Waals surface area contributed by atoms with E-state index in [2.05, 4.69) is 164 Å². The van der Waals surface area contributed by atoms with Gasteiger partial charge in [0, 0.05) is 27.4 Å². The van der Waals surface area contributed by atoms with Crippen molar-refractivity contribution in [1.82, 2.24) is 15.0 Å². The normalized spacial score (nSPS) is 18.2. The summed E-state index contributed by atoms with van der Waals surface area (Å²) in [6.07, 6.45) is 5.01. The van der Waals surface area contributed by atoms with Crippen molar-refractivity contribution in [3.05, 3.63) is 205 Å². The number of nitrogens with zero attached hydrogens (tertiary/aromatic N) is 3. The molecule has 314 valence electrons. The van der Waals surface area contributed by atoms with Gasteiger partial charge in [0.15, 0.2) is 17.5 Å². The van der Waals surface area contributed by atoms with Crippen LogP contribution in [0.2, 0.25) is 0 Å². The molecule has 10 aromatic rings. The summed E-state index contributed by atoms with van der Waals surface area (Å²) < 4.78 is 12.9. The Morgan fingerprint density at radius 3 is 1.43 bits per heavy atom. The van der Waals surface area contributed by atoms with Crippen molar-refractivity contribution >= 4 is 44.8 Å². The van der Waals surface area contributed by atoms with E-state index in [1.165, 1.54) is 68.6 Å². The van der Waals surface area contributed by atoms with Crippen LogP contribution >= 0.6 is 7.14 Å². The fraction of sp³-hybridized carbons (Fsp3) is 0.150. The molecule has 2 bridgehead atoms. The zero-order chi connectivity index (χ0) is 43.7. The van der Waals surface area contributed by atoms with Gasteiger partial charge in [-0.3, -0.25) is 0 Å². The largest absolute Gasteiger partial charge is 0.319 e. The molecule has 0 amide bonds. The van der Waals surface area contributed by atoms with Gasteiger partial charge >= 0.3 is 0 Å². The van der Waals surface area contributed by atoms with E-state index in [9.17, 15) is 4.57 Å². The summed E-state index contributed by atoms with van der Waals surface area (Å²) in [4.78, 5) is 15.3. The van der Waals surface area contributed by atoms with E-state index in [0.717, 1.165) is 50.7 Å². The lowest BCUT2D eigenvalue weighted by Crippen LogP contribution is -2.34. The molecule has 2 aliphatic rings. The lowest BCUT2D eigenvalue weighted by Gasteiger charge is -2.39. The van der Waals surface area contributed by atoms with Gasteiger partial charge in [0.05, 0.1) is 0 Å². The third-order valence-corrected chi connectivity index (χ3v) is 16.1. The van der Waals surface area contributed by atoms with Gasteiger partial charge in [0.2, 0.25) is 0 Å². The Morgan fingerprint density at radius 2 is 0.908 bits per heavy atom. The number of rotatable bonds is 8. The molecule has 4 nitrogen and oxygen atoms in total. The highest BCUT2D eigenvalue weighted by Crippen LogP contribution is 2.60. The Kier molecular flexibility index (Phi) is 9.51. The highest BCUT2D eigenvalue weighted by atomic mass is 31.2. The van der Waals surface area contributed by atoms with E-state index in [4.69, 9.17) is 15.0 Å². The molecule has 2 saturated carbocycles. The van der Waals surface area contributed by atoms with Gasteiger partial charge in [-0.25, -0.2) is 15.0 Å². The number of fused-ring (bicyclic) bond motifs is 5. The molecule has 2 fully saturated rings. The van der Waals surface area contributed by atoms with Gasteiger partial charge in [0.25, 0.3) is 0 Å². The molecule has 0 aliphatic heterocycles. The molecular formula is C60H48N3OP. The molecule has 0 N–H and O–H groups in total. The summed E-state index contributed by atoms with van der Waals surface area (Å²) in [7, 11) is -2.37. The minimum atomic E-state index is -2.37. The third kappa shape index (κ3) is 6.74. The summed E-state index contributed by atoms with van der Waals surface area (Å²) in [5, 5.41) is 8.09. The molecule has 0 radical (unpaired) electrons. The minimum Gasteiger partial charge on any atom is -0.319 e. The van der Waals surface area contributed by atoms with Gasteiger partial charge in [-0.1, -0.05) is 201 Å². The van der Waals surface area contributed by atoms with Gasteiger partial charge in [-0.05, 0) is 110 Å². The second kappa shape index (κ2) is 15.6. The van der Waals surface area contributed by atoms with E-state index >= 15 is 0 Å². The van der Waals surface area contributed by atoms with E-state index in [1.807, 2.05) is 43.7 Å². The highest BCUT2D eigenvalue weighted by Gasteiger charge is 2.52. The Labute approximate surface area is 380 Å². The predicted molar refractivity (Wildman–Crippen MR) is 271 cm³/mol. The molecule has 1 aromatic heterocycles. The van der Waals surface area contributed by atoms with E-state index in [-0.39, 0.29) is 5.41 Å². The molecule has 1 heterocycles. The smallest absolute Gasteiger partial charge is 0.164 e. The van der Waals surface area contributed by atoms with Crippen molar-refractivity contribution in [3.8, 4) is 56.4 Å². The number of hydrogen-bond acceptors (Lipinski definition) is 4. The summed E-state index contributed by atoms with van der Waals surface area (Å²) in [6.45, 7) is 3.68. The molecule has 0 spiro atoms. The average molecular weight is 858 g/mol. The van der Waals surface area contributed by atoms with Crippen molar-refractivity contribution in [2.75, 3.05) is 13.3 Å². The first-order valence-corrected chi connectivity index (χ1v) is 25.5. The Bertz CT molecular complexity index is 3430. The average Bonchev–Trinajstić information content (AvgIpc) is 3.99. The monoisotopic (exact) mass is 857 g/mol. The van der Waals surface area contributed by atoms with E-state index in [0.29, 0.717) is 23.4 Å². The van der Waals surface area contributed by atoms with Crippen molar-refractivity contribution in [3.63, 3.8) is 0 Å². The molecule has 5 heteroatoms. The van der Waals surface area contributed by atoms with Crippen LogP contribution in [0.25, 0.3) is 88.7 Å². The predicted octanol–water partition coefficient (Wildman–Crippen LogP) is 15.0. The minimum absolute atomic E-state index is 0.0660.